The maximum absolute atomic E-state index is 12.1. The van der Waals surface area contributed by atoms with E-state index < -0.39 is 5.97 Å². The van der Waals surface area contributed by atoms with E-state index in [1.165, 1.54) is 10.5 Å². The second-order valence-corrected chi connectivity index (χ2v) is 10.2. The fraction of sp³-hybridized carbons (Fsp3) is 0.407. The topological polar surface area (TPSA) is 62.7 Å². The van der Waals surface area contributed by atoms with Gasteiger partial charge >= 0.3 is 5.97 Å². The third kappa shape index (κ3) is 5.87. The number of piperidine rings is 1. The van der Waals surface area contributed by atoms with Gasteiger partial charge in [-0.15, -0.1) is 11.8 Å². The Balaban J connectivity index is 1.36. The molecule has 1 saturated heterocycles. The third-order valence-corrected chi connectivity index (χ3v) is 7.91. The van der Waals surface area contributed by atoms with Crippen LogP contribution >= 0.6 is 11.8 Å². The predicted molar refractivity (Wildman–Crippen MR) is 134 cm³/mol. The van der Waals surface area contributed by atoms with Gasteiger partial charge in [0, 0.05) is 23.0 Å². The van der Waals surface area contributed by atoms with Gasteiger partial charge in [0.05, 0.1) is 23.9 Å². The summed E-state index contributed by atoms with van der Waals surface area (Å²) < 4.78 is 5.38. The molecular formula is C27H32N2O3S. The monoisotopic (exact) mass is 464 g/mol. The number of nitrogens with zero attached hydrogens (tertiary/aromatic N) is 2. The van der Waals surface area contributed by atoms with Crippen molar-refractivity contribution in [3.05, 3.63) is 66.4 Å². The molecule has 0 aliphatic carbocycles. The highest BCUT2D eigenvalue weighted by molar-refractivity contribution is 7.99. The fourth-order valence-electron chi connectivity index (χ4n) is 4.83. The SMILES string of the molecule is COc1ccc2nccc(CCC[C@@H]3CCN([C@@H](C)Sc4ccccc4)C[C@@H]3C(=O)O)c2c1. The molecule has 1 fully saturated rings. The Morgan fingerprint density at radius 1 is 1.24 bits per heavy atom. The summed E-state index contributed by atoms with van der Waals surface area (Å²) in [5.74, 6) is 0.0698. The third-order valence-electron chi connectivity index (χ3n) is 6.73. The molecule has 1 aliphatic rings. The number of rotatable bonds is 9. The number of carbonyl (C=O) groups is 1. The standard InChI is InChI=1S/C27H32N2O3S/c1-19(33-23-9-4-3-5-10-23)29-16-14-21(25(18-29)27(30)31)8-6-7-20-13-15-28-26-12-11-22(32-2)17-24(20)26/h3-5,9-13,15,17,19,21,25H,6-8,14,16,18H2,1-2H3,(H,30,31)/t19-,21-,25+/m1/s1. The Kier molecular flexibility index (Phi) is 7.89. The molecule has 1 aromatic heterocycles. The first-order chi connectivity index (χ1) is 16.0. The zero-order valence-electron chi connectivity index (χ0n) is 19.3. The molecule has 0 saturated carbocycles. The number of carboxylic acid groups (broad SMARTS) is 1. The lowest BCUT2D eigenvalue weighted by molar-refractivity contribution is -0.146. The number of fused-ring (bicyclic) bond motifs is 1. The first kappa shape index (κ1) is 23.6. The minimum Gasteiger partial charge on any atom is -0.497 e. The van der Waals surface area contributed by atoms with Gasteiger partial charge in [-0.1, -0.05) is 18.2 Å². The number of hydrogen-bond donors (Lipinski definition) is 1. The number of aliphatic carboxylic acids is 1. The van der Waals surface area contributed by atoms with Crippen molar-refractivity contribution in [3.8, 4) is 5.75 Å². The lowest BCUT2D eigenvalue weighted by Crippen LogP contribution is -2.46. The van der Waals surface area contributed by atoms with Gasteiger partial charge < -0.3 is 9.84 Å². The zero-order valence-corrected chi connectivity index (χ0v) is 20.1. The van der Waals surface area contributed by atoms with Gasteiger partial charge in [-0.2, -0.15) is 0 Å². The van der Waals surface area contributed by atoms with E-state index >= 15 is 0 Å². The summed E-state index contributed by atoms with van der Waals surface area (Å²) in [6.07, 6.45) is 5.60. The van der Waals surface area contributed by atoms with Gasteiger partial charge in [0.25, 0.3) is 0 Å². The van der Waals surface area contributed by atoms with Crippen LogP contribution in [0.3, 0.4) is 0 Å². The Bertz CT molecular complexity index is 1080. The number of thioether (sulfide) groups is 1. The van der Waals surface area contributed by atoms with Crippen LogP contribution < -0.4 is 4.74 Å². The summed E-state index contributed by atoms with van der Waals surface area (Å²) in [7, 11) is 1.68. The molecule has 174 valence electrons. The Morgan fingerprint density at radius 3 is 2.82 bits per heavy atom. The highest BCUT2D eigenvalue weighted by Gasteiger charge is 2.35. The zero-order chi connectivity index (χ0) is 23.2. The number of benzene rings is 2. The Labute approximate surface area is 200 Å². The number of methoxy groups -OCH3 is 1. The van der Waals surface area contributed by atoms with Crippen LogP contribution in [0.5, 0.6) is 5.75 Å². The maximum atomic E-state index is 12.1. The molecule has 3 atom stereocenters. The van der Waals surface area contributed by atoms with Crippen molar-refractivity contribution in [3.63, 3.8) is 0 Å². The number of pyridine rings is 1. The largest absolute Gasteiger partial charge is 0.497 e. The second-order valence-electron chi connectivity index (χ2n) is 8.76. The molecule has 33 heavy (non-hydrogen) atoms. The molecule has 6 heteroatoms. The van der Waals surface area contributed by atoms with Crippen molar-refractivity contribution in [2.24, 2.45) is 11.8 Å². The predicted octanol–water partition coefficient (Wildman–Crippen LogP) is 5.73. The lowest BCUT2D eigenvalue weighted by atomic mass is 9.81. The molecule has 2 heterocycles. The van der Waals surface area contributed by atoms with Crippen LogP contribution in [0.4, 0.5) is 0 Å². The summed E-state index contributed by atoms with van der Waals surface area (Å²) in [5.41, 5.74) is 2.21. The molecule has 4 rings (SSSR count). The summed E-state index contributed by atoms with van der Waals surface area (Å²) >= 11 is 1.80. The van der Waals surface area contributed by atoms with E-state index in [2.05, 4.69) is 35.0 Å². The van der Waals surface area contributed by atoms with Gasteiger partial charge in [-0.25, -0.2) is 0 Å². The van der Waals surface area contributed by atoms with Crippen molar-refractivity contribution in [1.29, 1.82) is 0 Å². The Morgan fingerprint density at radius 2 is 2.06 bits per heavy atom. The van der Waals surface area contributed by atoms with Crippen LogP contribution in [0, 0.1) is 11.8 Å². The van der Waals surface area contributed by atoms with Crippen LogP contribution in [0.15, 0.2) is 65.7 Å². The minimum absolute atomic E-state index is 0.218. The highest BCUT2D eigenvalue weighted by atomic mass is 32.2. The molecule has 1 N–H and O–H groups in total. The first-order valence-electron chi connectivity index (χ1n) is 11.7. The summed E-state index contributed by atoms with van der Waals surface area (Å²) in [6.45, 7) is 3.75. The second kappa shape index (κ2) is 11.0. The van der Waals surface area contributed by atoms with E-state index in [1.807, 2.05) is 42.6 Å². The smallest absolute Gasteiger partial charge is 0.308 e. The highest BCUT2D eigenvalue weighted by Crippen LogP contribution is 2.34. The van der Waals surface area contributed by atoms with Crippen molar-refractivity contribution < 1.29 is 14.6 Å². The van der Waals surface area contributed by atoms with E-state index in [0.717, 1.165) is 48.9 Å². The van der Waals surface area contributed by atoms with E-state index in [-0.39, 0.29) is 17.2 Å². The van der Waals surface area contributed by atoms with Gasteiger partial charge in [0.1, 0.15) is 5.75 Å². The van der Waals surface area contributed by atoms with Crippen LogP contribution in [0.1, 0.15) is 31.7 Å². The van der Waals surface area contributed by atoms with Gasteiger partial charge in [0.2, 0.25) is 0 Å². The first-order valence-corrected chi connectivity index (χ1v) is 12.5. The Hall–Kier alpha value is -2.57. The molecule has 0 unspecified atom stereocenters. The molecular weight excluding hydrogens is 432 g/mol. The van der Waals surface area contributed by atoms with Gasteiger partial charge in [-0.3, -0.25) is 14.7 Å². The number of ether oxygens (including phenoxy) is 1. The molecule has 0 bridgehead atoms. The maximum Gasteiger partial charge on any atom is 0.308 e. The van der Waals surface area contributed by atoms with Crippen LogP contribution in [-0.2, 0) is 11.2 Å². The summed E-state index contributed by atoms with van der Waals surface area (Å²) in [5, 5.41) is 11.3. The summed E-state index contributed by atoms with van der Waals surface area (Å²) in [4.78, 5) is 20.1. The lowest BCUT2D eigenvalue weighted by Gasteiger charge is -2.39. The van der Waals surface area contributed by atoms with Crippen LogP contribution in [0.25, 0.3) is 10.9 Å². The van der Waals surface area contributed by atoms with E-state index in [4.69, 9.17) is 4.74 Å². The number of carboxylic acids is 1. The van der Waals surface area contributed by atoms with Crippen molar-refractivity contribution in [2.45, 2.75) is 42.9 Å². The van der Waals surface area contributed by atoms with Gasteiger partial charge in [-0.05, 0) is 87.0 Å². The van der Waals surface area contributed by atoms with E-state index in [1.54, 1.807) is 18.9 Å². The van der Waals surface area contributed by atoms with Crippen LogP contribution in [0.2, 0.25) is 0 Å². The quantitative estimate of drug-likeness (QED) is 0.408. The normalized spacial score (nSPS) is 19.9. The van der Waals surface area contributed by atoms with Crippen molar-refractivity contribution >= 4 is 28.6 Å². The molecule has 0 spiro atoms. The van der Waals surface area contributed by atoms with Crippen molar-refractivity contribution in [1.82, 2.24) is 9.88 Å². The fourth-order valence-corrected chi connectivity index (χ4v) is 5.88. The van der Waals surface area contributed by atoms with Crippen LogP contribution in [-0.4, -0.2) is 46.5 Å². The molecule has 0 amide bonds. The van der Waals surface area contributed by atoms with Gasteiger partial charge in [0.15, 0.2) is 0 Å². The minimum atomic E-state index is -0.666. The molecule has 1 aliphatic heterocycles. The molecule has 2 aromatic carbocycles. The number of aromatic nitrogens is 1. The van der Waals surface area contributed by atoms with E-state index in [0.29, 0.717) is 6.54 Å². The van der Waals surface area contributed by atoms with E-state index in [9.17, 15) is 9.90 Å². The molecule has 3 aromatic rings. The number of hydrogen-bond acceptors (Lipinski definition) is 5. The summed E-state index contributed by atoms with van der Waals surface area (Å²) in [6, 6.07) is 18.4. The van der Waals surface area contributed by atoms with Crippen molar-refractivity contribution in [2.75, 3.05) is 20.2 Å². The number of aryl methyl sites for hydroxylation is 1. The number of likely N-dealkylation sites (tertiary alicyclic amines) is 1. The average Bonchev–Trinajstić information content (AvgIpc) is 2.84. The average molecular weight is 465 g/mol. The molecule has 5 nitrogen and oxygen atoms in total. The molecule has 0 radical (unpaired) electrons.